The van der Waals surface area contributed by atoms with Crippen LogP contribution in [0.3, 0.4) is 0 Å². The molecule has 14 heteroatoms. The molecule has 0 aromatic heterocycles. The van der Waals surface area contributed by atoms with Crippen molar-refractivity contribution in [1.29, 1.82) is 0 Å². The van der Waals surface area contributed by atoms with Crippen LogP contribution in [-0.2, 0) is 66.3 Å². The maximum Gasteiger partial charge on any atom is 0.184 e. The first-order valence-electron chi connectivity index (χ1n) is 18.1. The minimum absolute atomic E-state index is 0.292. The number of hydrogen-bond donors (Lipinski definition) is 0. The third-order valence-corrected chi connectivity index (χ3v) is 8.06. The van der Waals surface area contributed by atoms with E-state index >= 15 is 0 Å². The lowest BCUT2D eigenvalue weighted by molar-refractivity contribution is -0.340. The van der Waals surface area contributed by atoms with Gasteiger partial charge in [0.25, 0.3) is 0 Å². The van der Waals surface area contributed by atoms with Gasteiger partial charge >= 0.3 is 0 Å². The van der Waals surface area contributed by atoms with Gasteiger partial charge in [0.1, 0.15) is 24.4 Å². The van der Waals surface area contributed by atoms with Crippen LogP contribution < -0.4 is 0 Å². The molecule has 14 nitrogen and oxygen atoms in total. The first kappa shape index (κ1) is 42.6. The number of benzene rings is 2. The number of rotatable bonds is 29. The standard InChI is InChI=1S/C38H58O14/c1-39-13-15-41-17-19-43-21-23-45-25-27-47-33-29-49-37(31-9-5-3-6-10-31)51-35(33)36-34(30-50-38(52-36)32-11-7-4-8-12-32)48-28-26-46-24-22-44-20-18-42-16-14-40-2/h3-12,33-38H,13-30H2,1-2H3/t33-,34?,35-,36-,37?,38?/m0/s1. The highest BCUT2D eigenvalue weighted by molar-refractivity contribution is 5.18. The van der Waals surface area contributed by atoms with Gasteiger partial charge in [-0.25, -0.2) is 0 Å². The van der Waals surface area contributed by atoms with Gasteiger partial charge in [-0.15, -0.1) is 0 Å². The minimum atomic E-state index is -0.603. The van der Waals surface area contributed by atoms with E-state index in [4.69, 9.17) is 66.3 Å². The van der Waals surface area contributed by atoms with Gasteiger partial charge < -0.3 is 66.3 Å². The summed E-state index contributed by atoms with van der Waals surface area (Å²) in [5, 5.41) is 0. The van der Waals surface area contributed by atoms with Crippen molar-refractivity contribution in [2.24, 2.45) is 0 Å². The highest BCUT2D eigenvalue weighted by atomic mass is 16.7. The maximum atomic E-state index is 6.66. The zero-order valence-electron chi connectivity index (χ0n) is 30.7. The van der Waals surface area contributed by atoms with Crippen molar-refractivity contribution in [3.05, 3.63) is 71.8 Å². The first-order chi connectivity index (χ1) is 25.8. The molecule has 4 rings (SSSR count). The van der Waals surface area contributed by atoms with Crippen LogP contribution in [0.4, 0.5) is 0 Å². The Morgan fingerprint density at radius 2 is 0.731 bits per heavy atom. The molecule has 6 atom stereocenters. The molecule has 0 bridgehead atoms. The van der Waals surface area contributed by atoms with Crippen LogP contribution >= 0.6 is 0 Å². The molecule has 2 aliphatic heterocycles. The van der Waals surface area contributed by atoms with Gasteiger partial charge in [0.05, 0.1) is 119 Å². The molecule has 0 aliphatic carbocycles. The monoisotopic (exact) mass is 738 g/mol. The molecule has 0 saturated carbocycles. The van der Waals surface area contributed by atoms with E-state index in [-0.39, 0.29) is 0 Å². The van der Waals surface area contributed by atoms with E-state index in [0.717, 1.165) is 11.1 Å². The molecular formula is C38H58O14. The van der Waals surface area contributed by atoms with Crippen LogP contribution in [0, 0.1) is 0 Å². The normalized spacial score (nSPS) is 23.6. The average Bonchev–Trinajstić information content (AvgIpc) is 3.19. The summed E-state index contributed by atoms with van der Waals surface area (Å²) in [4.78, 5) is 0. The lowest BCUT2D eigenvalue weighted by Gasteiger charge is -2.45. The lowest BCUT2D eigenvalue weighted by Crippen LogP contribution is -2.57. The first-order valence-corrected chi connectivity index (χ1v) is 18.1. The zero-order chi connectivity index (χ0) is 36.3. The quantitative estimate of drug-likeness (QED) is 0.113. The van der Waals surface area contributed by atoms with Crippen molar-refractivity contribution >= 4 is 0 Å². The van der Waals surface area contributed by atoms with Gasteiger partial charge in [0.2, 0.25) is 0 Å². The van der Waals surface area contributed by atoms with E-state index < -0.39 is 37.0 Å². The van der Waals surface area contributed by atoms with Crippen LogP contribution in [0.5, 0.6) is 0 Å². The molecule has 2 aromatic carbocycles. The van der Waals surface area contributed by atoms with Gasteiger partial charge in [-0.05, 0) is 0 Å². The van der Waals surface area contributed by atoms with E-state index in [2.05, 4.69) is 0 Å². The summed E-state index contributed by atoms with van der Waals surface area (Å²) in [5.74, 6) is 0. The Hall–Kier alpha value is -2.12. The van der Waals surface area contributed by atoms with Gasteiger partial charge in [0.15, 0.2) is 12.6 Å². The smallest absolute Gasteiger partial charge is 0.184 e. The summed E-state index contributed by atoms with van der Waals surface area (Å²) >= 11 is 0. The molecular weight excluding hydrogens is 680 g/mol. The highest BCUT2D eigenvalue weighted by Crippen LogP contribution is 2.36. The fourth-order valence-electron chi connectivity index (χ4n) is 5.41. The second kappa shape index (κ2) is 27.5. The lowest BCUT2D eigenvalue weighted by atomic mass is 10.00. The molecule has 3 unspecified atom stereocenters. The van der Waals surface area contributed by atoms with E-state index in [1.165, 1.54) is 0 Å². The second-order valence-corrected chi connectivity index (χ2v) is 11.8. The third-order valence-electron chi connectivity index (χ3n) is 8.06. The van der Waals surface area contributed by atoms with Crippen LogP contribution in [-0.4, -0.2) is 158 Å². The molecule has 2 saturated heterocycles. The van der Waals surface area contributed by atoms with Gasteiger partial charge in [-0.3, -0.25) is 0 Å². The van der Waals surface area contributed by atoms with E-state index in [1.807, 2.05) is 60.7 Å². The zero-order valence-corrected chi connectivity index (χ0v) is 30.7. The summed E-state index contributed by atoms with van der Waals surface area (Å²) in [5.41, 5.74) is 1.80. The summed E-state index contributed by atoms with van der Waals surface area (Å²) in [6.45, 7) is 8.03. The van der Waals surface area contributed by atoms with E-state index in [1.54, 1.807) is 14.2 Å². The van der Waals surface area contributed by atoms with Crippen LogP contribution in [0.25, 0.3) is 0 Å². The Balaban J connectivity index is 1.29. The van der Waals surface area contributed by atoms with Crippen molar-refractivity contribution in [3.8, 4) is 0 Å². The fraction of sp³-hybridized carbons (Fsp3) is 0.684. The maximum absolute atomic E-state index is 6.66. The molecule has 2 fully saturated rings. The predicted octanol–water partition coefficient (Wildman–Crippen LogP) is 3.38. The van der Waals surface area contributed by atoms with Crippen molar-refractivity contribution in [3.63, 3.8) is 0 Å². The predicted molar refractivity (Wildman–Crippen MR) is 188 cm³/mol. The Kier molecular flexibility index (Phi) is 22.5. The molecule has 2 aliphatic rings. The van der Waals surface area contributed by atoms with Crippen LogP contribution in [0.1, 0.15) is 23.7 Å². The van der Waals surface area contributed by atoms with Gasteiger partial charge in [-0.1, -0.05) is 60.7 Å². The molecule has 294 valence electrons. The van der Waals surface area contributed by atoms with Gasteiger partial charge in [0, 0.05) is 25.3 Å². The van der Waals surface area contributed by atoms with E-state index in [0.29, 0.717) is 119 Å². The molecule has 0 radical (unpaired) electrons. The minimum Gasteiger partial charge on any atom is -0.382 e. The average molecular weight is 739 g/mol. The van der Waals surface area contributed by atoms with Gasteiger partial charge in [-0.2, -0.15) is 0 Å². The number of methoxy groups -OCH3 is 2. The molecule has 2 heterocycles. The Bertz CT molecular complexity index is 1030. The third kappa shape index (κ3) is 16.5. The molecule has 2 aromatic rings. The summed E-state index contributed by atoms with van der Waals surface area (Å²) in [7, 11) is 3.29. The fourth-order valence-corrected chi connectivity index (χ4v) is 5.41. The van der Waals surface area contributed by atoms with Crippen molar-refractivity contribution < 1.29 is 66.3 Å². The Labute approximate surface area is 308 Å². The second-order valence-electron chi connectivity index (χ2n) is 11.8. The van der Waals surface area contributed by atoms with Crippen LogP contribution in [0.2, 0.25) is 0 Å². The topological polar surface area (TPSA) is 129 Å². The summed E-state index contributed by atoms with van der Waals surface area (Å²) in [6.07, 6.45) is -3.20. The summed E-state index contributed by atoms with van der Waals surface area (Å²) < 4.78 is 81.7. The molecule has 52 heavy (non-hydrogen) atoms. The molecule has 0 spiro atoms. The SMILES string of the molecule is COCCOCCOCCOCCOC1COC(c2ccccc2)O[C@@H]1[C@H]1OC(c2ccccc2)OC[C@@H]1OCCOCCOCCOCCOC. The number of ether oxygens (including phenoxy) is 14. The number of hydrogen-bond acceptors (Lipinski definition) is 14. The summed E-state index contributed by atoms with van der Waals surface area (Å²) in [6, 6.07) is 19.7. The van der Waals surface area contributed by atoms with Crippen molar-refractivity contribution in [1.82, 2.24) is 0 Å². The van der Waals surface area contributed by atoms with E-state index in [9.17, 15) is 0 Å². The van der Waals surface area contributed by atoms with Crippen molar-refractivity contribution in [2.75, 3.05) is 133 Å². The van der Waals surface area contributed by atoms with Crippen molar-refractivity contribution in [2.45, 2.75) is 37.0 Å². The Morgan fingerprint density at radius 1 is 0.423 bits per heavy atom. The highest BCUT2D eigenvalue weighted by Gasteiger charge is 2.46. The Morgan fingerprint density at radius 3 is 1.06 bits per heavy atom. The molecule has 0 N–H and O–H groups in total. The van der Waals surface area contributed by atoms with Crippen LogP contribution in [0.15, 0.2) is 60.7 Å². The molecule has 0 amide bonds. The largest absolute Gasteiger partial charge is 0.382 e.